The molecule has 0 aliphatic heterocycles. The largest absolute Gasteiger partial charge is 0.452 e. The number of aliphatic imine (C=N–C) groups is 1. The molecule has 0 aliphatic rings. The number of carbonyl (C=O) groups excluding carboxylic acids is 1. The molecule has 0 aliphatic carbocycles. The van der Waals surface area contributed by atoms with Gasteiger partial charge in [-0.05, 0) is 23.6 Å². The molecule has 2 aromatic heterocycles. The molecule has 0 spiro atoms. The predicted molar refractivity (Wildman–Crippen MR) is 125 cm³/mol. The first-order chi connectivity index (χ1) is 15.3. The number of rotatable bonds is 6. The van der Waals surface area contributed by atoms with Gasteiger partial charge < -0.3 is 21.9 Å². The van der Waals surface area contributed by atoms with Crippen LogP contribution in [0.15, 0.2) is 52.2 Å². The molecule has 2 heterocycles. The molecule has 3 aromatic rings. The van der Waals surface area contributed by atoms with Crippen LogP contribution in [-0.4, -0.2) is 35.9 Å². The van der Waals surface area contributed by atoms with Gasteiger partial charge in [-0.15, -0.1) is 0 Å². The topological polar surface area (TPSA) is 146 Å². The zero-order chi connectivity index (χ0) is 23.3. The number of nitrogen functional groups attached to an aromatic ring is 2. The predicted octanol–water partition coefficient (Wildman–Crippen LogP) is 3.03. The second kappa shape index (κ2) is 9.88. The van der Waals surface area contributed by atoms with Gasteiger partial charge >= 0.3 is 6.09 Å². The number of aromatic nitrogens is 2. The van der Waals surface area contributed by atoms with Crippen LogP contribution in [0.5, 0.6) is 0 Å². The molecule has 0 fully saturated rings. The first-order valence-electron chi connectivity index (χ1n) is 9.34. The Labute approximate surface area is 188 Å². The second-order valence-electron chi connectivity index (χ2n) is 6.60. The zero-order valence-corrected chi connectivity index (χ0v) is 18.3. The number of halogens is 1. The Morgan fingerprint density at radius 1 is 1.25 bits per heavy atom. The van der Waals surface area contributed by atoms with Gasteiger partial charge in [-0.3, -0.25) is 9.89 Å². The number of nitrogens with two attached hydrogens (primary N) is 3. The summed E-state index contributed by atoms with van der Waals surface area (Å²) >= 11 is 1.48. The fourth-order valence-electron chi connectivity index (χ4n) is 2.83. The van der Waals surface area contributed by atoms with E-state index in [-0.39, 0.29) is 41.2 Å². The van der Waals surface area contributed by atoms with Gasteiger partial charge in [-0.25, -0.2) is 19.2 Å². The molecule has 3 rings (SSSR count). The molecule has 0 bridgehead atoms. The van der Waals surface area contributed by atoms with E-state index < -0.39 is 6.09 Å². The number of benzene rings is 1. The molecule has 1 amide bonds. The lowest BCUT2D eigenvalue weighted by molar-refractivity contribution is 0.180. The molecule has 11 heteroatoms. The van der Waals surface area contributed by atoms with Crippen molar-refractivity contribution in [2.45, 2.75) is 6.54 Å². The highest BCUT2D eigenvalue weighted by atomic mass is 32.1. The van der Waals surface area contributed by atoms with E-state index in [4.69, 9.17) is 17.2 Å². The fraction of sp³-hybridized carbons (Fsp3) is 0.143. The van der Waals surface area contributed by atoms with Crippen LogP contribution in [0.1, 0.15) is 17.0 Å². The fourth-order valence-corrected chi connectivity index (χ4v) is 3.48. The number of hydrogen-bond donors (Lipinski definition) is 3. The van der Waals surface area contributed by atoms with E-state index in [0.717, 1.165) is 10.5 Å². The summed E-state index contributed by atoms with van der Waals surface area (Å²) in [7, 11) is 2.66. The number of nitrogens with zero attached hydrogens (tertiary/aromatic N) is 4. The number of anilines is 3. The summed E-state index contributed by atoms with van der Waals surface area (Å²) in [5.41, 5.74) is 20.2. The second-order valence-corrected chi connectivity index (χ2v) is 7.38. The molecule has 32 heavy (non-hydrogen) atoms. The number of methoxy groups -OCH3 is 1. The third-order valence-electron chi connectivity index (χ3n) is 4.47. The van der Waals surface area contributed by atoms with Crippen molar-refractivity contribution >= 4 is 46.2 Å². The Hall–Kier alpha value is -3.99. The van der Waals surface area contributed by atoms with Gasteiger partial charge in [0.2, 0.25) is 0 Å². The van der Waals surface area contributed by atoms with Gasteiger partial charge in [-0.1, -0.05) is 18.2 Å². The van der Waals surface area contributed by atoms with Crippen LogP contribution in [0, 0.1) is 5.82 Å². The number of thiophene rings is 1. The maximum atomic E-state index is 14.0. The Bertz CT molecular complexity index is 1160. The van der Waals surface area contributed by atoms with Crippen LogP contribution in [-0.2, 0) is 11.3 Å². The minimum atomic E-state index is -0.678. The number of amides is 1. The normalized spacial score (nSPS) is 12.0. The molecule has 0 atom stereocenters. The van der Waals surface area contributed by atoms with Crippen molar-refractivity contribution in [3.8, 4) is 0 Å². The van der Waals surface area contributed by atoms with Gasteiger partial charge in [0.15, 0.2) is 17.5 Å². The SMILES string of the molecule is COC(=O)N(C)c1c(N)nc(C(N)=CC(=NCc2ccccc2F)c2ccsc2)nc1N. The van der Waals surface area contributed by atoms with E-state index in [2.05, 4.69) is 19.7 Å². The Morgan fingerprint density at radius 2 is 1.94 bits per heavy atom. The minimum absolute atomic E-state index is 0.0443. The first kappa shape index (κ1) is 22.7. The number of ether oxygens (including phenoxy) is 1. The van der Waals surface area contributed by atoms with E-state index >= 15 is 0 Å². The molecule has 0 radical (unpaired) electrons. The van der Waals surface area contributed by atoms with E-state index in [0.29, 0.717) is 11.3 Å². The van der Waals surface area contributed by atoms with Crippen LogP contribution in [0.2, 0.25) is 0 Å². The van der Waals surface area contributed by atoms with Crippen molar-refractivity contribution in [1.29, 1.82) is 0 Å². The Kier molecular flexibility index (Phi) is 7.00. The van der Waals surface area contributed by atoms with Gasteiger partial charge in [0.1, 0.15) is 11.5 Å². The van der Waals surface area contributed by atoms with Crippen LogP contribution in [0.3, 0.4) is 0 Å². The monoisotopic (exact) mass is 455 g/mol. The summed E-state index contributed by atoms with van der Waals surface area (Å²) in [6.45, 7) is 0.121. The highest BCUT2D eigenvalue weighted by Gasteiger charge is 2.20. The average molecular weight is 456 g/mol. The smallest absolute Gasteiger partial charge is 0.413 e. The van der Waals surface area contributed by atoms with E-state index in [1.165, 1.54) is 31.6 Å². The van der Waals surface area contributed by atoms with Gasteiger partial charge in [0.25, 0.3) is 0 Å². The third kappa shape index (κ3) is 5.01. The van der Waals surface area contributed by atoms with Crippen molar-refractivity contribution in [2.75, 3.05) is 30.5 Å². The molecule has 0 saturated carbocycles. The lowest BCUT2D eigenvalue weighted by Gasteiger charge is -2.19. The Morgan fingerprint density at radius 3 is 2.53 bits per heavy atom. The highest BCUT2D eigenvalue weighted by Crippen LogP contribution is 2.28. The summed E-state index contributed by atoms with van der Waals surface area (Å²) in [5.74, 6) is -0.364. The van der Waals surface area contributed by atoms with Crippen molar-refractivity contribution < 1.29 is 13.9 Å². The Balaban J connectivity index is 1.97. The number of allylic oxidation sites excluding steroid dienone is 1. The minimum Gasteiger partial charge on any atom is -0.452 e. The first-order valence-corrected chi connectivity index (χ1v) is 10.3. The van der Waals surface area contributed by atoms with E-state index in [9.17, 15) is 9.18 Å². The molecule has 6 N–H and O–H groups in total. The molecule has 1 aromatic carbocycles. The summed E-state index contributed by atoms with van der Waals surface area (Å²) in [6, 6.07) is 8.28. The van der Waals surface area contributed by atoms with E-state index in [1.807, 2.05) is 16.8 Å². The molecule has 0 saturated heterocycles. The lowest BCUT2D eigenvalue weighted by atomic mass is 10.1. The molecule has 9 nitrogen and oxygen atoms in total. The molecular weight excluding hydrogens is 433 g/mol. The molecule has 0 unspecified atom stereocenters. The average Bonchev–Trinajstić information content (AvgIpc) is 3.31. The maximum absolute atomic E-state index is 14.0. The van der Waals surface area contributed by atoms with E-state index in [1.54, 1.807) is 24.3 Å². The van der Waals surface area contributed by atoms with Gasteiger partial charge in [0, 0.05) is 23.6 Å². The maximum Gasteiger partial charge on any atom is 0.413 e. The number of carbonyl (C=O) groups is 1. The van der Waals surface area contributed by atoms with Crippen LogP contribution in [0.25, 0.3) is 5.70 Å². The highest BCUT2D eigenvalue weighted by molar-refractivity contribution is 7.08. The standard InChI is InChI=1S/C21H22FN7O2S/c1-29(21(30)31-2)17-18(24)27-20(28-19(17)25)15(23)9-16(13-7-8-32-11-13)26-10-12-5-3-4-6-14(12)22/h3-9,11H,10,23H2,1-2H3,(H4,24,25,27,28). The van der Waals surface area contributed by atoms with Crippen LogP contribution >= 0.6 is 11.3 Å². The van der Waals surface area contributed by atoms with Crippen LogP contribution < -0.4 is 22.1 Å². The van der Waals surface area contributed by atoms with Crippen molar-refractivity contribution in [2.24, 2.45) is 10.7 Å². The quantitative estimate of drug-likeness (QED) is 0.484. The number of hydrogen-bond acceptors (Lipinski definition) is 9. The van der Waals surface area contributed by atoms with Gasteiger partial charge in [-0.2, -0.15) is 11.3 Å². The summed E-state index contributed by atoms with van der Waals surface area (Å²) in [4.78, 5) is 25.7. The summed E-state index contributed by atoms with van der Waals surface area (Å²) < 4.78 is 18.7. The molecule has 166 valence electrons. The summed E-state index contributed by atoms with van der Waals surface area (Å²) in [5, 5.41) is 3.78. The lowest BCUT2D eigenvalue weighted by Crippen LogP contribution is -2.28. The van der Waals surface area contributed by atoms with Crippen molar-refractivity contribution in [3.05, 3.63) is 69.9 Å². The zero-order valence-electron chi connectivity index (χ0n) is 17.4. The van der Waals surface area contributed by atoms with Crippen molar-refractivity contribution in [1.82, 2.24) is 9.97 Å². The molecular formula is C21H22FN7O2S. The third-order valence-corrected chi connectivity index (χ3v) is 5.15. The van der Waals surface area contributed by atoms with Crippen LogP contribution in [0.4, 0.5) is 26.5 Å². The summed E-state index contributed by atoms with van der Waals surface area (Å²) in [6.07, 6.45) is 0.893. The van der Waals surface area contributed by atoms with Crippen molar-refractivity contribution in [3.63, 3.8) is 0 Å². The van der Waals surface area contributed by atoms with Gasteiger partial charge in [0.05, 0.1) is 25.1 Å².